The van der Waals surface area contributed by atoms with Crippen molar-refractivity contribution in [1.29, 1.82) is 0 Å². The van der Waals surface area contributed by atoms with Gasteiger partial charge in [0.15, 0.2) is 11.5 Å². The lowest BCUT2D eigenvalue weighted by atomic mass is 10.1. The molecule has 25 heavy (non-hydrogen) atoms. The molecule has 0 saturated heterocycles. The van der Waals surface area contributed by atoms with E-state index in [2.05, 4.69) is 15.8 Å². The smallest absolute Gasteiger partial charge is 0.313 e. The maximum absolute atomic E-state index is 12.0. The van der Waals surface area contributed by atoms with Crippen LogP contribution < -0.4 is 20.1 Å². The lowest BCUT2D eigenvalue weighted by Gasteiger charge is -2.10. The Kier molecular flexibility index (Phi) is 5.99. The second kappa shape index (κ2) is 8.18. The number of hydrogen-bond donors (Lipinski definition) is 2. The molecule has 2 N–H and O–H groups in total. The fraction of sp³-hybridized carbons (Fsp3) is 0.353. The predicted octanol–water partition coefficient (Wildman–Crippen LogP) is 1.61. The summed E-state index contributed by atoms with van der Waals surface area (Å²) in [6.07, 6.45) is 0.538. The van der Waals surface area contributed by atoms with Crippen LogP contribution in [0.4, 0.5) is 5.69 Å². The molecule has 1 aromatic carbocycles. The molecule has 0 unspecified atom stereocenters. The predicted molar refractivity (Wildman–Crippen MR) is 90.9 cm³/mol. The Balaban J connectivity index is 1.89. The fourth-order valence-electron chi connectivity index (χ4n) is 2.34. The molecule has 8 heteroatoms. The highest BCUT2D eigenvalue weighted by Crippen LogP contribution is 2.29. The van der Waals surface area contributed by atoms with E-state index in [9.17, 15) is 9.59 Å². The number of aromatic nitrogens is 1. The van der Waals surface area contributed by atoms with Gasteiger partial charge in [-0.25, -0.2) is 0 Å². The molecule has 0 radical (unpaired) electrons. The number of benzene rings is 1. The van der Waals surface area contributed by atoms with Crippen LogP contribution in [0.3, 0.4) is 0 Å². The van der Waals surface area contributed by atoms with Gasteiger partial charge in [-0.05, 0) is 32.4 Å². The van der Waals surface area contributed by atoms with Crippen molar-refractivity contribution in [2.75, 3.05) is 26.1 Å². The van der Waals surface area contributed by atoms with E-state index in [1.807, 2.05) is 6.92 Å². The van der Waals surface area contributed by atoms with Gasteiger partial charge in [0.1, 0.15) is 5.76 Å². The van der Waals surface area contributed by atoms with Crippen LogP contribution in [0.5, 0.6) is 11.5 Å². The van der Waals surface area contributed by atoms with E-state index in [1.54, 1.807) is 25.1 Å². The monoisotopic (exact) mass is 347 g/mol. The second-order valence-electron chi connectivity index (χ2n) is 5.33. The van der Waals surface area contributed by atoms with Gasteiger partial charge in [-0.15, -0.1) is 0 Å². The van der Waals surface area contributed by atoms with Gasteiger partial charge >= 0.3 is 11.8 Å². The average Bonchev–Trinajstić information content (AvgIpc) is 2.93. The summed E-state index contributed by atoms with van der Waals surface area (Å²) in [4.78, 5) is 23.9. The third-order valence-electron chi connectivity index (χ3n) is 3.69. The molecule has 2 aromatic rings. The Morgan fingerprint density at radius 3 is 2.44 bits per heavy atom. The van der Waals surface area contributed by atoms with E-state index < -0.39 is 11.8 Å². The molecule has 2 rings (SSSR count). The van der Waals surface area contributed by atoms with E-state index >= 15 is 0 Å². The number of methoxy groups -OCH3 is 2. The first-order valence-corrected chi connectivity index (χ1v) is 7.69. The van der Waals surface area contributed by atoms with Gasteiger partial charge in [-0.1, -0.05) is 5.16 Å². The molecule has 0 spiro atoms. The normalized spacial score (nSPS) is 10.2. The molecule has 0 atom stereocenters. The molecule has 0 fully saturated rings. The van der Waals surface area contributed by atoms with Crippen molar-refractivity contribution in [2.45, 2.75) is 20.3 Å². The minimum absolute atomic E-state index is 0.307. The molecule has 2 amide bonds. The highest BCUT2D eigenvalue weighted by molar-refractivity contribution is 6.39. The number of amides is 2. The number of ether oxygens (including phenoxy) is 2. The Morgan fingerprint density at radius 1 is 1.12 bits per heavy atom. The van der Waals surface area contributed by atoms with E-state index in [4.69, 9.17) is 14.0 Å². The first-order valence-electron chi connectivity index (χ1n) is 7.69. The van der Waals surface area contributed by atoms with Crippen molar-refractivity contribution in [1.82, 2.24) is 10.5 Å². The van der Waals surface area contributed by atoms with Crippen LogP contribution in [0, 0.1) is 13.8 Å². The summed E-state index contributed by atoms with van der Waals surface area (Å²) in [7, 11) is 3.01. The summed E-state index contributed by atoms with van der Waals surface area (Å²) in [5.41, 5.74) is 2.14. The van der Waals surface area contributed by atoms with Gasteiger partial charge in [0.2, 0.25) is 0 Å². The molecule has 0 aliphatic heterocycles. The Hall–Kier alpha value is -3.03. The molecule has 1 heterocycles. The van der Waals surface area contributed by atoms with Crippen molar-refractivity contribution >= 4 is 17.5 Å². The van der Waals surface area contributed by atoms with Gasteiger partial charge in [-0.2, -0.15) is 0 Å². The summed E-state index contributed by atoms with van der Waals surface area (Å²) in [6.45, 7) is 3.94. The van der Waals surface area contributed by atoms with Crippen LogP contribution >= 0.6 is 0 Å². The van der Waals surface area contributed by atoms with Crippen molar-refractivity contribution in [3.63, 3.8) is 0 Å². The summed E-state index contributed by atoms with van der Waals surface area (Å²) in [6, 6.07) is 4.84. The van der Waals surface area contributed by atoms with Crippen LogP contribution in [-0.4, -0.2) is 37.7 Å². The molecule has 1 aromatic heterocycles. The molecular weight excluding hydrogens is 326 g/mol. The minimum atomic E-state index is -0.758. The summed E-state index contributed by atoms with van der Waals surface area (Å²) >= 11 is 0. The Morgan fingerprint density at radius 2 is 1.84 bits per heavy atom. The fourth-order valence-corrected chi connectivity index (χ4v) is 2.34. The SMILES string of the molecule is COc1ccc(NC(=O)C(=O)NCCc2c(C)noc2C)cc1OC. The molecule has 134 valence electrons. The van der Waals surface area contributed by atoms with Crippen molar-refractivity contribution in [3.05, 3.63) is 35.2 Å². The van der Waals surface area contributed by atoms with Crippen LogP contribution in [0.1, 0.15) is 17.0 Å². The Bertz CT molecular complexity index is 750. The maximum atomic E-state index is 12.0. The van der Waals surface area contributed by atoms with E-state index in [0.29, 0.717) is 35.9 Å². The number of hydrogen-bond acceptors (Lipinski definition) is 6. The number of nitrogens with one attached hydrogen (secondary N) is 2. The molecule has 8 nitrogen and oxygen atoms in total. The van der Waals surface area contributed by atoms with Crippen molar-refractivity contribution in [3.8, 4) is 11.5 Å². The van der Waals surface area contributed by atoms with E-state index in [-0.39, 0.29) is 0 Å². The number of carbonyl (C=O) groups excluding carboxylic acids is 2. The standard InChI is InChI=1S/C17H21N3O5/c1-10-13(11(2)25-20-10)7-8-18-16(21)17(22)19-12-5-6-14(23-3)15(9-12)24-4/h5-6,9H,7-8H2,1-4H3,(H,18,21)(H,19,22). The average molecular weight is 347 g/mol. The minimum Gasteiger partial charge on any atom is -0.493 e. The zero-order valence-corrected chi connectivity index (χ0v) is 14.6. The maximum Gasteiger partial charge on any atom is 0.313 e. The van der Waals surface area contributed by atoms with Gasteiger partial charge in [0.25, 0.3) is 0 Å². The third kappa shape index (κ3) is 4.50. The molecule has 0 saturated carbocycles. The molecular formula is C17H21N3O5. The lowest BCUT2D eigenvalue weighted by molar-refractivity contribution is -0.136. The Labute approximate surface area is 145 Å². The van der Waals surface area contributed by atoms with E-state index in [0.717, 1.165) is 11.3 Å². The van der Waals surface area contributed by atoms with Crippen molar-refractivity contribution in [2.24, 2.45) is 0 Å². The third-order valence-corrected chi connectivity index (χ3v) is 3.69. The molecule has 0 aliphatic carbocycles. The summed E-state index contributed by atoms with van der Waals surface area (Å²) in [5.74, 6) is 0.220. The molecule has 0 bridgehead atoms. The number of anilines is 1. The largest absolute Gasteiger partial charge is 0.493 e. The van der Waals surface area contributed by atoms with E-state index in [1.165, 1.54) is 14.2 Å². The van der Waals surface area contributed by atoms with Crippen LogP contribution in [0.15, 0.2) is 22.7 Å². The number of carbonyl (C=O) groups is 2. The lowest BCUT2D eigenvalue weighted by Crippen LogP contribution is -2.36. The van der Waals surface area contributed by atoms with Gasteiger partial charge in [0.05, 0.1) is 19.9 Å². The first-order chi connectivity index (χ1) is 12.0. The zero-order valence-electron chi connectivity index (χ0n) is 14.6. The number of aryl methyl sites for hydroxylation is 2. The summed E-state index contributed by atoms with van der Waals surface area (Å²) < 4.78 is 15.3. The summed E-state index contributed by atoms with van der Waals surface area (Å²) in [5, 5.41) is 8.93. The topological polar surface area (TPSA) is 103 Å². The molecule has 0 aliphatic rings. The van der Waals surface area contributed by atoms with Crippen LogP contribution in [-0.2, 0) is 16.0 Å². The van der Waals surface area contributed by atoms with Crippen LogP contribution in [0.2, 0.25) is 0 Å². The number of nitrogens with zero attached hydrogens (tertiary/aromatic N) is 1. The number of rotatable bonds is 6. The highest BCUT2D eigenvalue weighted by Gasteiger charge is 2.15. The van der Waals surface area contributed by atoms with Gasteiger partial charge in [-0.3, -0.25) is 9.59 Å². The van der Waals surface area contributed by atoms with Crippen LogP contribution in [0.25, 0.3) is 0 Å². The quantitative estimate of drug-likeness (QED) is 0.770. The zero-order chi connectivity index (χ0) is 18.4. The first kappa shape index (κ1) is 18.3. The van der Waals surface area contributed by atoms with Crippen molar-refractivity contribution < 1.29 is 23.6 Å². The highest BCUT2D eigenvalue weighted by atomic mass is 16.5. The second-order valence-corrected chi connectivity index (χ2v) is 5.33. The van der Waals surface area contributed by atoms with Gasteiger partial charge in [0, 0.05) is 23.9 Å². The van der Waals surface area contributed by atoms with Gasteiger partial charge < -0.3 is 24.6 Å².